The van der Waals surface area contributed by atoms with E-state index in [-0.39, 0.29) is 11.6 Å². The predicted octanol–water partition coefficient (Wildman–Crippen LogP) is 2.13. The maximum Gasteiger partial charge on any atom is 0.267 e. The molecular weight excluding hydrogens is 250 g/mol. The molecule has 1 atom stereocenters. The Morgan fingerprint density at radius 1 is 1.20 bits per heavy atom. The summed E-state index contributed by atoms with van der Waals surface area (Å²) in [6.45, 7) is 6.59. The van der Waals surface area contributed by atoms with Crippen LogP contribution >= 0.6 is 0 Å². The first-order valence-electron chi connectivity index (χ1n) is 6.79. The van der Waals surface area contributed by atoms with Crippen LogP contribution in [-0.2, 0) is 6.54 Å². The number of benzene rings is 1. The van der Waals surface area contributed by atoms with Gasteiger partial charge in [0.15, 0.2) is 0 Å². The SMILES string of the molecule is CNC(Cn1ncc(C)cc1=O)c1ccc(C)c(C)c1. The highest BCUT2D eigenvalue weighted by atomic mass is 16.1. The van der Waals surface area contributed by atoms with Gasteiger partial charge < -0.3 is 5.32 Å². The van der Waals surface area contributed by atoms with Gasteiger partial charge in [-0.2, -0.15) is 5.10 Å². The monoisotopic (exact) mass is 271 g/mol. The van der Waals surface area contributed by atoms with Gasteiger partial charge in [0.25, 0.3) is 5.56 Å². The lowest BCUT2D eigenvalue weighted by molar-refractivity contribution is 0.451. The normalized spacial score (nSPS) is 12.4. The molecule has 0 radical (unpaired) electrons. The van der Waals surface area contributed by atoms with Gasteiger partial charge in [-0.3, -0.25) is 4.79 Å². The molecule has 1 N–H and O–H groups in total. The van der Waals surface area contributed by atoms with E-state index in [1.54, 1.807) is 12.3 Å². The van der Waals surface area contributed by atoms with Crippen molar-refractivity contribution in [2.75, 3.05) is 7.05 Å². The summed E-state index contributed by atoms with van der Waals surface area (Å²) in [5.41, 5.74) is 4.53. The molecule has 0 aliphatic carbocycles. The van der Waals surface area contributed by atoms with E-state index in [9.17, 15) is 4.79 Å². The topological polar surface area (TPSA) is 46.9 Å². The highest BCUT2D eigenvalue weighted by Gasteiger charge is 2.12. The fraction of sp³-hybridized carbons (Fsp3) is 0.375. The van der Waals surface area contributed by atoms with Gasteiger partial charge in [-0.1, -0.05) is 18.2 Å². The zero-order valence-electron chi connectivity index (χ0n) is 12.5. The fourth-order valence-corrected chi connectivity index (χ4v) is 2.18. The Morgan fingerprint density at radius 3 is 2.55 bits per heavy atom. The Bertz CT molecular complexity index is 661. The van der Waals surface area contributed by atoms with Crippen molar-refractivity contribution in [1.82, 2.24) is 15.1 Å². The zero-order chi connectivity index (χ0) is 14.7. The summed E-state index contributed by atoms with van der Waals surface area (Å²) < 4.78 is 1.50. The molecule has 0 saturated carbocycles. The third kappa shape index (κ3) is 3.14. The number of hydrogen-bond donors (Lipinski definition) is 1. The number of nitrogens with zero attached hydrogens (tertiary/aromatic N) is 2. The first-order valence-corrected chi connectivity index (χ1v) is 6.79. The van der Waals surface area contributed by atoms with Crippen molar-refractivity contribution in [3.8, 4) is 0 Å². The van der Waals surface area contributed by atoms with Gasteiger partial charge in [-0.15, -0.1) is 0 Å². The molecule has 4 heteroatoms. The molecule has 0 aliphatic rings. The van der Waals surface area contributed by atoms with Gasteiger partial charge in [0.2, 0.25) is 0 Å². The molecule has 0 saturated heterocycles. The number of likely N-dealkylation sites (N-methyl/N-ethyl adjacent to an activating group) is 1. The number of nitrogens with one attached hydrogen (secondary N) is 1. The average Bonchev–Trinajstić information content (AvgIpc) is 2.41. The Labute approximate surface area is 119 Å². The molecular formula is C16H21N3O. The van der Waals surface area contributed by atoms with Crippen LogP contribution in [0.3, 0.4) is 0 Å². The van der Waals surface area contributed by atoms with Crippen LogP contribution in [0.15, 0.2) is 35.3 Å². The molecule has 20 heavy (non-hydrogen) atoms. The zero-order valence-corrected chi connectivity index (χ0v) is 12.5. The van der Waals surface area contributed by atoms with E-state index < -0.39 is 0 Å². The van der Waals surface area contributed by atoms with Crippen LogP contribution in [-0.4, -0.2) is 16.8 Å². The quantitative estimate of drug-likeness (QED) is 0.926. The smallest absolute Gasteiger partial charge is 0.267 e. The summed E-state index contributed by atoms with van der Waals surface area (Å²) in [5.74, 6) is 0. The molecule has 2 rings (SSSR count). The molecule has 1 unspecified atom stereocenters. The van der Waals surface area contributed by atoms with Crippen molar-refractivity contribution in [2.24, 2.45) is 0 Å². The Hall–Kier alpha value is -1.94. The average molecular weight is 271 g/mol. The van der Waals surface area contributed by atoms with Crippen LogP contribution < -0.4 is 10.9 Å². The number of rotatable bonds is 4. The fourth-order valence-electron chi connectivity index (χ4n) is 2.18. The van der Waals surface area contributed by atoms with Crippen LogP contribution in [0.2, 0.25) is 0 Å². The van der Waals surface area contributed by atoms with Gasteiger partial charge in [0.1, 0.15) is 0 Å². The highest BCUT2D eigenvalue weighted by molar-refractivity contribution is 5.31. The first kappa shape index (κ1) is 14.5. The summed E-state index contributed by atoms with van der Waals surface area (Å²) in [4.78, 5) is 11.9. The summed E-state index contributed by atoms with van der Waals surface area (Å²) >= 11 is 0. The lowest BCUT2D eigenvalue weighted by atomic mass is 10.0. The van der Waals surface area contributed by atoms with Crippen molar-refractivity contribution >= 4 is 0 Å². The van der Waals surface area contributed by atoms with E-state index in [1.165, 1.54) is 21.4 Å². The van der Waals surface area contributed by atoms with E-state index in [4.69, 9.17) is 0 Å². The lowest BCUT2D eigenvalue weighted by Crippen LogP contribution is -2.30. The largest absolute Gasteiger partial charge is 0.311 e. The second-order valence-corrected chi connectivity index (χ2v) is 5.24. The molecule has 1 aromatic carbocycles. The van der Waals surface area contributed by atoms with Gasteiger partial charge in [-0.05, 0) is 50.1 Å². The maximum absolute atomic E-state index is 11.9. The van der Waals surface area contributed by atoms with Crippen LogP contribution in [0, 0.1) is 20.8 Å². The van der Waals surface area contributed by atoms with E-state index in [1.807, 2.05) is 14.0 Å². The minimum atomic E-state index is -0.0610. The minimum Gasteiger partial charge on any atom is -0.311 e. The van der Waals surface area contributed by atoms with E-state index in [2.05, 4.69) is 42.5 Å². The molecule has 1 aromatic heterocycles. The van der Waals surface area contributed by atoms with Gasteiger partial charge >= 0.3 is 0 Å². The molecule has 106 valence electrons. The molecule has 2 aromatic rings. The second-order valence-electron chi connectivity index (χ2n) is 5.24. The molecule has 0 bridgehead atoms. The summed E-state index contributed by atoms with van der Waals surface area (Å²) in [7, 11) is 1.90. The van der Waals surface area contributed by atoms with Crippen LogP contribution in [0.5, 0.6) is 0 Å². The second kappa shape index (κ2) is 6.01. The van der Waals surface area contributed by atoms with E-state index in [0.717, 1.165) is 5.56 Å². The maximum atomic E-state index is 11.9. The summed E-state index contributed by atoms with van der Waals surface area (Å²) in [6, 6.07) is 8.06. The molecule has 0 fully saturated rings. The Balaban J connectivity index is 2.28. The first-order chi connectivity index (χ1) is 9.51. The Morgan fingerprint density at radius 2 is 1.95 bits per heavy atom. The predicted molar refractivity (Wildman–Crippen MR) is 81.0 cm³/mol. The van der Waals surface area contributed by atoms with Gasteiger partial charge in [-0.25, -0.2) is 4.68 Å². The minimum absolute atomic E-state index is 0.0610. The third-order valence-electron chi connectivity index (χ3n) is 3.64. The van der Waals surface area contributed by atoms with Gasteiger partial charge in [0, 0.05) is 6.07 Å². The Kier molecular flexibility index (Phi) is 4.35. The molecule has 4 nitrogen and oxygen atoms in total. The number of aryl methyl sites for hydroxylation is 3. The van der Waals surface area contributed by atoms with E-state index in [0.29, 0.717) is 6.54 Å². The van der Waals surface area contributed by atoms with Crippen LogP contribution in [0.25, 0.3) is 0 Å². The van der Waals surface area contributed by atoms with Crippen LogP contribution in [0.4, 0.5) is 0 Å². The molecule has 0 aliphatic heterocycles. The van der Waals surface area contributed by atoms with Crippen molar-refractivity contribution in [1.29, 1.82) is 0 Å². The third-order valence-corrected chi connectivity index (χ3v) is 3.64. The summed E-state index contributed by atoms with van der Waals surface area (Å²) in [5, 5.41) is 7.45. The van der Waals surface area contributed by atoms with Crippen molar-refractivity contribution in [2.45, 2.75) is 33.4 Å². The number of aromatic nitrogens is 2. The van der Waals surface area contributed by atoms with Crippen molar-refractivity contribution in [3.63, 3.8) is 0 Å². The summed E-state index contributed by atoms with van der Waals surface area (Å²) in [6.07, 6.45) is 1.72. The van der Waals surface area contributed by atoms with Crippen molar-refractivity contribution in [3.05, 3.63) is 63.1 Å². The lowest BCUT2D eigenvalue weighted by Gasteiger charge is -2.18. The molecule has 1 heterocycles. The van der Waals surface area contributed by atoms with Crippen LogP contribution in [0.1, 0.15) is 28.3 Å². The standard InChI is InChI=1S/C16H21N3O/c1-11-7-16(20)19(18-9-11)10-15(17-4)14-6-5-12(2)13(3)8-14/h5-9,15,17H,10H2,1-4H3. The highest BCUT2D eigenvalue weighted by Crippen LogP contribution is 2.17. The van der Waals surface area contributed by atoms with E-state index >= 15 is 0 Å². The molecule has 0 amide bonds. The molecule has 0 spiro atoms. The van der Waals surface area contributed by atoms with Crippen molar-refractivity contribution < 1.29 is 0 Å². The van der Waals surface area contributed by atoms with Gasteiger partial charge in [0.05, 0.1) is 18.8 Å². The number of hydrogen-bond acceptors (Lipinski definition) is 3.